The van der Waals surface area contributed by atoms with E-state index in [2.05, 4.69) is 447 Å². The van der Waals surface area contributed by atoms with Gasteiger partial charge in [0.25, 0.3) is 0 Å². The van der Waals surface area contributed by atoms with Gasteiger partial charge in [-0.05, 0) is 231 Å². The molecule has 10 aromatic carbocycles. The van der Waals surface area contributed by atoms with Crippen LogP contribution in [0.15, 0.2) is 328 Å². The predicted molar refractivity (Wildman–Crippen MR) is 534 cm³/mol. The molecule has 10 rings (SSSR count). The van der Waals surface area contributed by atoms with E-state index in [1.54, 1.807) is 0 Å². The molecule has 117 heavy (non-hydrogen) atoms. The molecular formula is C92H132O10Si15. The Kier molecular flexibility index (Phi) is 31.2. The smallest absolute Gasteiger partial charge is 0.386 e. The van der Waals surface area contributed by atoms with Crippen molar-refractivity contribution in [3.05, 3.63) is 328 Å². The van der Waals surface area contributed by atoms with Gasteiger partial charge in [-0.1, -0.05) is 315 Å². The van der Waals surface area contributed by atoms with E-state index in [1.165, 1.54) is 0 Å². The quantitative estimate of drug-likeness (QED) is 0.0344. The first-order valence-electron chi connectivity index (χ1n) is 41.9. The number of benzene rings is 10. The summed E-state index contributed by atoms with van der Waals surface area (Å²) in [6.07, 6.45) is 0. The first kappa shape index (κ1) is 93.8. The van der Waals surface area contributed by atoms with E-state index in [1.807, 2.05) is 11.4 Å². The molecule has 620 valence electrons. The zero-order valence-corrected chi connectivity index (χ0v) is 88.7. The maximum absolute atomic E-state index is 8.31. The van der Waals surface area contributed by atoms with Gasteiger partial charge in [0.2, 0.25) is 16.6 Å². The van der Waals surface area contributed by atoms with Gasteiger partial charge in [0.1, 0.15) is 0 Å². The van der Waals surface area contributed by atoms with Gasteiger partial charge in [0.15, 0.2) is 66.5 Å². The lowest BCUT2D eigenvalue weighted by Crippen LogP contribution is -2.71. The van der Waals surface area contributed by atoms with Crippen molar-refractivity contribution in [1.82, 2.24) is 0 Å². The minimum absolute atomic E-state index is 0.861. The summed E-state index contributed by atoms with van der Waals surface area (Å²) in [4.78, 5) is 0. The summed E-state index contributed by atoms with van der Waals surface area (Å²) in [5.74, 6) is 0. The molecule has 0 heterocycles. The lowest BCUT2D eigenvalue weighted by molar-refractivity contribution is 0.396. The summed E-state index contributed by atoms with van der Waals surface area (Å²) in [6, 6.07) is 116. The van der Waals surface area contributed by atoms with Crippen LogP contribution < -0.4 is 51.9 Å². The van der Waals surface area contributed by atoms with Crippen LogP contribution in [-0.4, -0.2) is 126 Å². The van der Waals surface area contributed by atoms with E-state index >= 15 is 0 Å². The Morgan fingerprint density at radius 1 is 0.162 bits per heavy atom. The molecule has 25 heteroatoms. The molecule has 0 N–H and O–H groups in total. The molecule has 0 aliphatic rings. The van der Waals surface area contributed by atoms with Crippen molar-refractivity contribution in [2.24, 2.45) is 0 Å². The predicted octanol–water partition coefficient (Wildman–Crippen LogP) is 18.9. The van der Waals surface area contributed by atoms with Gasteiger partial charge in [0, 0.05) is 0 Å². The molecule has 0 fully saturated rings. The highest BCUT2D eigenvalue weighted by atomic mass is 28.5. The van der Waals surface area contributed by atoms with Gasteiger partial charge in [-0.25, -0.2) is 0 Å². The Morgan fingerprint density at radius 2 is 0.256 bits per heavy atom. The summed E-state index contributed by atoms with van der Waals surface area (Å²) >= 11 is 0. The van der Waals surface area contributed by atoms with Gasteiger partial charge >= 0.3 is 42.8 Å². The second kappa shape index (κ2) is 38.9. The van der Waals surface area contributed by atoms with Gasteiger partial charge in [-0.15, -0.1) is 13.2 Å². The Labute approximate surface area is 720 Å². The third kappa shape index (κ3) is 24.9. The van der Waals surface area contributed by atoms with Crippen LogP contribution in [0.3, 0.4) is 0 Å². The molecule has 0 aromatic heterocycles. The minimum atomic E-state index is -3.54. The fraction of sp³-hybridized carbons (Fsp3) is 0.304. The average Bonchev–Trinajstić information content (AvgIpc) is 0.766. The van der Waals surface area contributed by atoms with Crippen molar-refractivity contribution in [2.75, 3.05) is 0 Å². The average molecular weight is 1820 g/mol. The highest BCUT2D eigenvalue weighted by molar-refractivity contribution is 7.07. The van der Waals surface area contributed by atoms with E-state index in [4.69, 9.17) is 41.2 Å². The Hall–Kier alpha value is -5.47. The maximum Gasteiger partial charge on any atom is 0.386 e. The van der Waals surface area contributed by atoms with Gasteiger partial charge in [0.05, 0.1) is 0 Å². The molecule has 0 atom stereocenters. The summed E-state index contributed by atoms with van der Waals surface area (Å²) < 4.78 is 80.4. The summed E-state index contributed by atoms with van der Waals surface area (Å²) in [6.45, 7) is 56.1. The molecule has 0 aliphatic heterocycles. The van der Waals surface area contributed by atoms with Crippen molar-refractivity contribution in [3.8, 4) is 0 Å². The van der Waals surface area contributed by atoms with Crippen LogP contribution >= 0.6 is 0 Å². The lowest BCUT2D eigenvalue weighted by atomic mass is 10.4. The molecule has 10 aromatic rings. The Morgan fingerprint density at radius 3 is 0.350 bits per heavy atom. The highest BCUT2D eigenvalue weighted by Gasteiger charge is 2.58. The molecular weight excluding hydrogens is 1690 g/mol. The van der Waals surface area contributed by atoms with E-state index < -0.39 is 126 Å². The van der Waals surface area contributed by atoms with Crippen molar-refractivity contribution in [1.29, 1.82) is 0 Å². The molecule has 0 aliphatic carbocycles. The van der Waals surface area contributed by atoms with Crippen molar-refractivity contribution in [2.45, 2.75) is 179 Å². The second-order valence-corrected chi connectivity index (χ2v) is 96.9. The van der Waals surface area contributed by atoms with Gasteiger partial charge < -0.3 is 41.2 Å². The van der Waals surface area contributed by atoms with Crippen LogP contribution in [0.25, 0.3) is 0 Å². The van der Waals surface area contributed by atoms with Gasteiger partial charge in [-0.3, -0.25) is 0 Å². The topological polar surface area (TPSA) is 92.3 Å². The van der Waals surface area contributed by atoms with E-state index in [0.717, 1.165) is 100 Å². The van der Waals surface area contributed by atoms with Crippen LogP contribution in [0.4, 0.5) is 0 Å². The van der Waals surface area contributed by atoms with Crippen LogP contribution in [0.5, 0.6) is 0 Å². The SMILES string of the molecule is C=C[Si](C)(C)O[Si](O[Si](C)(C)CC[Si](C)(C)O[Si](O[Si](C)(C)CC[Si](C)(C)O[Si](O[Si](C)(C)CC[Si](C)(C)O[Si](O[Si](C)(C)CC[Si](C)(C)O[Si](O[Si](C)(C)C=C)(c1ccccc1)c1ccccc1)(c1ccccc1)c1ccccc1)(c1ccccc1)c1ccccc1)(c1ccccc1)c1ccccc1)(c1ccccc1)c1ccccc1. The van der Waals surface area contributed by atoms with Crippen molar-refractivity contribution < 1.29 is 41.2 Å². The van der Waals surface area contributed by atoms with E-state index in [-0.39, 0.29) is 0 Å². The Balaban J connectivity index is 0.924. The standard InChI is InChI=1S/C92H132O10Si15/c1-23-103(3,4)93-113(83-55-35-25-36-56-83,84-57-37-26-38-58-84)95-105(7,8)75-77-107(11,12)97-115(87-63-43-29-44-64-87,88-65-45-30-46-66-88)99-109(15,16)79-81-111(19,20)101-117(91-71-51-33-52-72-91,92-73-53-34-54-74-92)102-112(21,22)82-80-110(17,18)100-116(89-67-47-31-48-68-89,90-69-49-32-50-70-90)98-108(13,14)78-76-106(9,10)96-114(94-104(5,6)24-2,85-59-39-27-40-60-85)86-61-41-28-42-62-86/h23-74H,1-2,75-82H2,3-22H3. The first-order valence-corrected chi connectivity index (χ1v) is 81.9. The van der Waals surface area contributed by atoms with Crippen LogP contribution in [0, 0.1) is 0 Å². The third-order valence-electron chi connectivity index (χ3n) is 22.0. The zero-order valence-electron chi connectivity index (χ0n) is 73.7. The number of rotatable bonds is 44. The molecule has 0 spiro atoms. The molecule has 0 bridgehead atoms. The summed E-state index contributed by atoms with van der Waals surface area (Å²) in [5, 5.41) is 11.2. The third-order valence-corrected chi connectivity index (χ3v) is 81.9. The molecule has 0 amide bonds. The number of hydrogen-bond acceptors (Lipinski definition) is 10. The number of hydrogen-bond donors (Lipinski definition) is 0. The minimum Gasteiger partial charge on any atom is -0.430 e. The maximum atomic E-state index is 8.31. The van der Waals surface area contributed by atoms with Crippen LogP contribution in [0.1, 0.15) is 0 Å². The molecule has 0 saturated heterocycles. The van der Waals surface area contributed by atoms with Gasteiger partial charge in [-0.2, -0.15) is 0 Å². The molecule has 10 nitrogen and oxygen atoms in total. The fourth-order valence-corrected chi connectivity index (χ4v) is 89.6. The second-order valence-electron chi connectivity index (χ2n) is 37.5. The molecule has 0 radical (unpaired) electrons. The normalized spacial score (nSPS) is 13.6. The molecule has 0 unspecified atom stereocenters. The van der Waals surface area contributed by atoms with E-state index in [0.29, 0.717) is 0 Å². The fourth-order valence-electron chi connectivity index (χ4n) is 15.4. The largest absolute Gasteiger partial charge is 0.430 e. The van der Waals surface area contributed by atoms with Crippen LogP contribution in [-0.2, 0) is 41.2 Å². The van der Waals surface area contributed by atoms with Crippen LogP contribution in [0.2, 0.25) is 179 Å². The summed E-state index contributed by atoms with van der Waals surface area (Å²) in [5.41, 5.74) is 4.08. The lowest BCUT2D eigenvalue weighted by Gasteiger charge is -2.46. The summed E-state index contributed by atoms with van der Waals surface area (Å²) in [7, 11) is -43.3. The Bertz CT molecular complexity index is 4280. The highest BCUT2D eigenvalue weighted by Crippen LogP contribution is 2.38. The zero-order chi connectivity index (χ0) is 84.8. The van der Waals surface area contributed by atoms with Crippen molar-refractivity contribution in [3.63, 3.8) is 0 Å². The first-order chi connectivity index (χ1) is 55.1. The monoisotopic (exact) mass is 1820 g/mol. The van der Waals surface area contributed by atoms with Crippen molar-refractivity contribution >= 4 is 178 Å². The molecule has 0 saturated carbocycles. The van der Waals surface area contributed by atoms with E-state index in [9.17, 15) is 0 Å².